The van der Waals surface area contributed by atoms with Crippen molar-refractivity contribution >= 4 is 18.0 Å². The first-order chi connectivity index (χ1) is 9.49. The van der Waals surface area contributed by atoms with Gasteiger partial charge in [-0.3, -0.25) is 4.79 Å². The zero-order chi connectivity index (χ0) is 15.0. The molecule has 1 rings (SSSR count). The molecule has 9 heteroatoms. The first-order valence-corrected chi connectivity index (χ1v) is 5.96. The molecule has 0 radical (unpaired) electrons. The minimum Gasteiger partial charge on any atom is -0.481 e. The first kappa shape index (κ1) is 15.5. The molecule has 20 heavy (non-hydrogen) atoms. The molecular formula is C11H16N4O5. The van der Waals surface area contributed by atoms with E-state index in [0.29, 0.717) is 19.4 Å². The van der Waals surface area contributed by atoms with E-state index >= 15 is 0 Å². The van der Waals surface area contributed by atoms with Crippen LogP contribution >= 0.6 is 0 Å². The van der Waals surface area contributed by atoms with Crippen molar-refractivity contribution in [2.75, 3.05) is 6.54 Å². The van der Waals surface area contributed by atoms with Crippen molar-refractivity contribution in [3.8, 4) is 0 Å². The number of rotatable bonds is 8. The molecule has 2 amide bonds. The van der Waals surface area contributed by atoms with Crippen LogP contribution in [0.4, 0.5) is 4.79 Å². The number of carbonyl (C=O) groups excluding carboxylic acids is 1. The van der Waals surface area contributed by atoms with Gasteiger partial charge in [-0.05, 0) is 6.42 Å². The maximum Gasteiger partial charge on any atom is 0.326 e. The molecule has 0 saturated heterocycles. The number of urea groups is 1. The smallest absolute Gasteiger partial charge is 0.326 e. The van der Waals surface area contributed by atoms with Crippen LogP contribution in [0.15, 0.2) is 12.4 Å². The second-order valence-corrected chi connectivity index (χ2v) is 4.03. The molecule has 5 N–H and O–H groups in total. The number of hydrogen-bond acceptors (Lipinski definition) is 4. The molecule has 0 spiro atoms. The van der Waals surface area contributed by atoms with Crippen molar-refractivity contribution in [2.45, 2.75) is 25.3 Å². The minimum atomic E-state index is -1.45. The van der Waals surface area contributed by atoms with Crippen molar-refractivity contribution in [1.82, 2.24) is 20.6 Å². The topological polar surface area (TPSA) is 144 Å². The van der Waals surface area contributed by atoms with Gasteiger partial charge in [-0.15, -0.1) is 0 Å². The van der Waals surface area contributed by atoms with Crippen LogP contribution in [-0.4, -0.2) is 50.7 Å². The highest BCUT2D eigenvalue weighted by Gasteiger charge is 2.22. The molecule has 9 nitrogen and oxygen atoms in total. The summed E-state index contributed by atoms with van der Waals surface area (Å²) in [5.41, 5.74) is 0. The summed E-state index contributed by atoms with van der Waals surface area (Å²) in [7, 11) is 0. The number of carbonyl (C=O) groups is 3. The number of carboxylic acids is 2. The molecule has 0 aliphatic carbocycles. The molecule has 1 aromatic rings. The number of nitrogens with one attached hydrogen (secondary N) is 3. The SMILES string of the molecule is O=C(O)C[C@@H](NC(=O)NCCCc1ncc[nH]1)C(=O)O. The lowest BCUT2D eigenvalue weighted by atomic mass is 10.2. The van der Waals surface area contributed by atoms with Crippen LogP contribution in [0.5, 0.6) is 0 Å². The van der Waals surface area contributed by atoms with Gasteiger partial charge in [0.15, 0.2) is 0 Å². The lowest BCUT2D eigenvalue weighted by Gasteiger charge is -2.13. The minimum absolute atomic E-state index is 0.325. The average Bonchev–Trinajstić information content (AvgIpc) is 2.86. The summed E-state index contributed by atoms with van der Waals surface area (Å²) in [4.78, 5) is 39.5. The predicted octanol–water partition coefficient (Wildman–Crippen LogP) is -0.431. The van der Waals surface area contributed by atoms with E-state index < -0.39 is 30.4 Å². The summed E-state index contributed by atoms with van der Waals surface area (Å²) < 4.78 is 0. The molecular weight excluding hydrogens is 268 g/mol. The van der Waals surface area contributed by atoms with E-state index in [2.05, 4.69) is 20.6 Å². The maximum absolute atomic E-state index is 11.4. The summed E-state index contributed by atoms with van der Waals surface area (Å²) in [6.07, 6.45) is 3.91. The highest BCUT2D eigenvalue weighted by molar-refractivity contribution is 5.86. The summed E-state index contributed by atoms with van der Waals surface area (Å²) in [6, 6.07) is -2.16. The molecule has 0 aromatic carbocycles. The first-order valence-electron chi connectivity index (χ1n) is 5.96. The maximum atomic E-state index is 11.4. The van der Waals surface area contributed by atoms with Crippen molar-refractivity contribution < 1.29 is 24.6 Å². The van der Waals surface area contributed by atoms with E-state index in [4.69, 9.17) is 10.2 Å². The second kappa shape index (κ2) is 7.77. The van der Waals surface area contributed by atoms with Crippen LogP contribution in [0, 0.1) is 0 Å². The number of aliphatic carboxylic acids is 2. The van der Waals surface area contributed by atoms with Gasteiger partial charge in [0.05, 0.1) is 6.42 Å². The van der Waals surface area contributed by atoms with Gasteiger partial charge in [0.1, 0.15) is 11.9 Å². The Labute approximate surface area is 114 Å². The Hall–Kier alpha value is -2.58. The summed E-state index contributed by atoms with van der Waals surface area (Å²) in [5.74, 6) is -1.89. The standard InChI is InChI=1S/C11H16N4O5/c16-9(17)6-7(10(18)19)15-11(20)14-3-1-2-8-12-4-5-13-8/h4-5,7H,1-3,6H2,(H,12,13)(H,16,17)(H,18,19)(H2,14,15,20)/t7-/m1/s1. The highest BCUT2D eigenvalue weighted by atomic mass is 16.4. The van der Waals surface area contributed by atoms with E-state index in [1.165, 1.54) is 0 Å². The van der Waals surface area contributed by atoms with Gasteiger partial charge in [-0.1, -0.05) is 0 Å². The summed E-state index contributed by atoms with van der Waals surface area (Å²) in [6.45, 7) is 0.325. The molecule has 110 valence electrons. The van der Waals surface area contributed by atoms with Crippen LogP contribution in [0.1, 0.15) is 18.7 Å². The largest absolute Gasteiger partial charge is 0.481 e. The molecule has 1 aromatic heterocycles. The Balaban J connectivity index is 2.24. The predicted molar refractivity (Wildman–Crippen MR) is 67.1 cm³/mol. The van der Waals surface area contributed by atoms with E-state index in [-0.39, 0.29) is 0 Å². The normalized spacial score (nSPS) is 11.6. The molecule has 0 aliphatic heterocycles. The van der Waals surface area contributed by atoms with Gasteiger partial charge in [0, 0.05) is 25.4 Å². The molecule has 0 fully saturated rings. The third kappa shape index (κ3) is 5.85. The number of nitrogens with zero attached hydrogens (tertiary/aromatic N) is 1. The fourth-order valence-corrected chi connectivity index (χ4v) is 1.48. The van der Waals surface area contributed by atoms with Gasteiger partial charge < -0.3 is 25.8 Å². The Bertz CT molecular complexity index is 459. The Morgan fingerprint density at radius 1 is 1.35 bits per heavy atom. The Morgan fingerprint density at radius 3 is 2.65 bits per heavy atom. The highest BCUT2D eigenvalue weighted by Crippen LogP contribution is 1.95. The average molecular weight is 284 g/mol. The number of aryl methyl sites for hydroxylation is 1. The van der Waals surface area contributed by atoms with Gasteiger partial charge in [-0.2, -0.15) is 0 Å². The number of aromatic amines is 1. The van der Waals surface area contributed by atoms with Crippen LogP contribution in [0.25, 0.3) is 0 Å². The molecule has 1 heterocycles. The van der Waals surface area contributed by atoms with Crippen molar-refractivity contribution in [3.05, 3.63) is 18.2 Å². The quantitative estimate of drug-likeness (QED) is 0.410. The van der Waals surface area contributed by atoms with Gasteiger partial charge >= 0.3 is 18.0 Å². The van der Waals surface area contributed by atoms with E-state index in [9.17, 15) is 14.4 Å². The van der Waals surface area contributed by atoms with Gasteiger partial charge in [0.25, 0.3) is 0 Å². The third-order valence-electron chi connectivity index (χ3n) is 2.41. The number of hydrogen-bond donors (Lipinski definition) is 5. The lowest BCUT2D eigenvalue weighted by molar-refractivity contribution is -0.145. The Morgan fingerprint density at radius 2 is 2.10 bits per heavy atom. The third-order valence-corrected chi connectivity index (χ3v) is 2.41. The second-order valence-electron chi connectivity index (χ2n) is 4.03. The van der Waals surface area contributed by atoms with Gasteiger partial charge in [0.2, 0.25) is 0 Å². The van der Waals surface area contributed by atoms with Crippen LogP contribution < -0.4 is 10.6 Å². The number of imidazole rings is 1. The van der Waals surface area contributed by atoms with Crippen molar-refractivity contribution in [1.29, 1.82) is 0 Å². The fourth-order valence-electron chi connectivity index (χ4n) is 1.48. The van der Waals surface area contributed by atoms with Crippen molar-refractivity contribution in [2.24, 2.45) is 0 Å². The zero-order valence-corrected chi connectivity index (χ0v) is 10.6. The number of carboxylic acid groups (broad SMARTS) is 2. The van der Waals surface area contributed by atoms with Gasteiger partial charge in [-0.25, -0.2) is 14.6 Å². The monoisotopic (exact) mass is 284 g/mol. The molecule has 0 saturated carbocycles. The fraction of sp³-hybridized carbons (Fsp3) is 0.455. The van der Waals surface area contributed by atoms with Crippen molar-refractivity contribution in [3.63, 3.8) is 0 Å². The molecule has 0 aliphatic rings. The molecule has 0 bridgehead atoms. The van der Waals surface area contributed by atoms with Crippen LogP contribution in [0.2, 0.25) is 0 Å². The number of aromatic nitrogens is 2. The van der Waals surface area contributed by atoms with Crippen LogP contribution in [-0.2, 0) is 16.0 Å². The molecule has 0 unspecified atom stereocenters. The van der Waals surface area contributed by atoms with E-state index in [0.717, 1.165) is 5.82 Å². The summed E-state index contributed by atoms with van der Waals surface area (Å²) in [5, 5.41) is 21.8. The summed E-state index contributed by atoms with van der Waals surface area (Å²) >= 11 is 0. The lowest BCUT2D eigenvalue weighted by Crippen LogP contribution is -2.47. The Kier molecular flexibility index (Phi) is 6.01. The van der Waals surface area contributed by atoms with Crippen LogP contribution in [0.3, 0.4) is 0 Å². The zero-order valence-electron chi connectivity index (χ0n) is 10.6. The number of H-pyrrole nitrogens is 1. The van der Waals surface area contributed by atoms with E-state index in [1.54, 1.807) is 12.4 Å². The molecule has 1 atom stereocenters. The number of amides is 2. The van der Waals surface area contributed by atoms with E-state index in [1.807, 2.05) is 0 Å².